The lowest BCUT2D eigenvalue weighted by Gasteiger charge is -2.41. The van der Waals surface area contributed by atoms with Gasteiger partial charge < -0.3 is 45.2 Å². The Morgan fingerprint density at radius 3 is 1.82 bits per heavy atom. The van der Waals surface area contributed by atoms with Crippen LogP contribution in [0, 0.1) is 0 Å². The first-order valence-electron chi connectivity index (χ1n) is 22.5. The number of nitrogens with zero attached hydrogens (tertiary/aromatic N) is 4. The molecule has 9 atom stereocenters. The standard InChI is InChI=1S/C41H82N4O9Si/c1-3-4-5-6-7-8-9-10-11-14-17-21-26-34(47)36(48)33(32-53-40-39(51)38(50)37(49)35(31-46)54-40)45-41(52)44(42-43-45)27-22-18-15-12-13-16-19-23-28-55(2)29-24-20-25-30-55/h33-41,46-52H,3-32H2,1-2H3/t33-,34+,35?,36-,37?,38?,39?,40?,41?/m0/s1. The van der Waals surface area contributed by atoms with Gasteiger partial charge >= 0.3 is 0 Å². The third kappa shape index (κ3) is 17.4. The van der Waals surface area contributed by atoms with E-state index in [1.165, 1.54) is 131 Å². The number of aliphatic hydroxyl groups is 7. The molecule has 324 valence electrons. The van der Waals surface area contributed by atoms with Gasteiger partial charge in [-0.2, -0.15) is 0 Å². The van der Waals surface area contributed by atoms with Crippen molar-refractivity contribution in [3.63, 3.8) is 0 Å². The van der Waals surface area contributed by atoms with Crippen LogP contribution in [0.25, 0.3) is 0 Å². The van der Waals surface area contributed by atoms with Gasteiger partial charge in [-0.05, 0) is 23.3 Å². The summed E-state index contributed by atoms with van der Waals surface area (Å²) in [5.74, 6) is 0. The molecule has 2 fully saturated rings. The summed E-state index contributed by atoms with van der Waals surface area (Å²) >= 11 is 0. The average molecular weight is 803 g/mol. The number of hydrogen-bond acceptors (Lipinski definition) is 13. The Morgan fingerprint density at radius 1 is 0.691 bits per heavy atom. The minimum Gasteiger partial charge on any atom is -0.394 e. The van der Waals surface area contributed by atoms with Gasteiger partial charge in [0.15, 0.2) is 6.29 Å². The number of hydrogen-bond donors (Lipinski definition) is 7. The molecule has 0 aromatic carbocycles. The van der Waals surface area contributed by atoms with Crippen LogP contribution in [0.1, 0.15) is 161 Å². The lowest BCUT2D eigenvalue weighted by atomic mass is 9.98. The van der Waals surface area contributed by atoms with Gasteiger partial charge in [0, 0.05) is 6.54 Å². The van der Waals surface area contributed by atoms with Crippen LogP contribution < -0.4 is 0 Å². The monoisotopic (exact) mass is 803 g/mol. The predicted octanol–water partition coefficient (Wildman–Crippen LogP) is 6.54. The van der Waals surface area contributed by atoms with Crippen molar-refractivity contribution < 1.29 is 45.2 Å². The van der Waals surface area contributed by atoms with E-state index in [0.717, 1.165) is 44.9 Å². The minimum atomic E-state index is -1.63. The van der Waals surface area contributed by atoms with E-state index in [1.54, 1.807) is 0 Å². The summed E-state index contributed by atoms with van der Waals surface area (Å²) in [6, 6.07) is 3.50. The van der Waals surface area contributed by atoms with Gasteiger partial charge in [0.25, 0.3) is 0 Å². The highest BCUT2D eigenvalue weighted by atomic mass is 28.3. The lowest BCUT2D eigenvalue weighted by Crippen LogP contribution is -2.60. The zero-order chi connectivity index (χ0) is 39.9. The SMILES string of the molecule is CCCCCCCCCCCCCC[C@@H](O)[C@@H](O)[C@H](COC1OC(CO)C(O)C(O)C1O)N1N=NN(CCCCCCCCCC[Si]2(C)CCCCC2)C1O. The molecule has 55 heavy (non-hydrogen) atoms. The predicted molar refractivity (Wildman–Crippen MR) is 217 cm³/mol. The van der Waals surface area contributed by atoms with Crippen molar-refractivity contribution in [3.8, 4) is 0 Å². The number of aliphatic hydroxyl groups excluding tert-OH is 7. The van der Waals surface area contributed by atoms with E-state index in [1.807, 2.05) is 0 Å². The van der Waals surface area contributed by atoms with Crippen LogP contribution in [0.15, 0.2) is 10.4 Å². The minimum absolute atomic E-state index is 0.348. The third-order valence-corrected chi connectivity index (χ3v) is 17.2. The summed E-state index contributed by atoms with van der Waals surface area (Å²) in [5, 5.41) is 85.3. The van der Waals surface area contributed by atoms with E-state index >= 15 is 0 Å². The number of rotatable bonds is 31. The molecule has 3 heterocycles. The van der Waals surface area contributed by atoms with Gasteiger partial charge in [-0.25, -0.2) is 10.0 Å². The summed E-state index contributed by atoms with van der Waals surface area (Å²) < 4.78 is 11.3. The van der Waals surface area contributed by atoms with Crippen LogP contribution in [0.4, 0.5) is 0 Å². The zero-order valence-electron chi connectivity index (χ0n) is 34.6. The summed E-state index contributed by atoms with van der Waals surface area (Å²) in [6.45, 7) is 4.37. The Kier molecular flexibility index (Phi) is 24.4. The quantitative estimate of drug-likeness (QED) is 0.0298. The molecule has 14 heteroatoms. The van der Waals surface area contributed by atoms with Crippen LogP contribution in [0.3, 0.4) is 0 Å². The molecule has 0 spiro atoms. The highest BCUT2D eigenvalue weighted by Crippen LogP contribution is 2.33. The Hall–Kier alpha value is -0.943. The molecule has 0 aromatic heterocycles. The maximum Gasteiger partial charge on any atom is 0.241 e. The van der Waals surface area contributed by atoms with Crippen molar-refractivity contribution in [2.45, 2.75) is 241 Å². The first-order valence-corrected chi connectivity index (χ1v) is 25.7. The molecule has 0 saturated carbocycles. The fourth-order valence-corrected chi connectivity index (χ4v) is 12.7. The van der Waals surface area contributed by atoms with Crippen LogP contribution in [0.2, 0.25) is 24.7 Å². The molecule has 0 bridgehead atoms. The smallest absolute Gasteiger partial charge is 0.241 e. The van der Waals surface area contributed by atoms with Crippen molar-refractivity contribution in [3.05, 3.63) is 0 Å². The maximum atomic E-state index is 11.4. The summed E-state index contributed by atoms with van der Waals surface area (Å²) in [7, 11) is -0.927. The van der Waals surface area contributed by atoms with Crippen LogP contribution >= 0.6 is 0 Å². The normalized spacial score (nSPS) is 27.1. The Labute approximate surface area is 333 Å². The highest BCUT2D eigenvalue weighted by molar-refractivity contribution is 6.78. The Morgan fingerprint density at radius 2 is 1.24 bits per heavy atom. The van der Waals surface area contributed by atoms with Gasteiger partial charge in [0.1, 0.15) is 36.6 Å². The molecular weight excluding hydrogens is 721 g/mol. The average Bonchev–Trinajstić information content (AvgIpc) is 3.54. The highest BCUT2D eigenvalue weighted by Gasteiger charge is 2.46. The van der Waals surface area contributed by atoms with Crippen molar-refractivity contribution in [2.75, 3.05) is 19.8 Å². The van der Waals surface area contributed by atoms with Gasteiger partial charge in [-0.3, -0.25) is 0 Å². The summed E-state index contributed by atoms with van der Waals surface area (Å²) in [4.78, 5) is 0. The van der Waals surface area contributed by atoms with E-state index in [2.05, 4.69) is 23.9 Å². The molecule has 0 amide bonds. The first kappa shape index (κ1) is 48.4. The molecule has 0 radical (unpaired) electrons. The molecule has 3 aliphatic heterocycles. The molecule has 0 aromatic rings. The molecule has 2 saturated heterocycles. The molecule has 6 unspecified atom stereocenters. The molecule has 13 nitrogen and oxygen atoms in total. The second-order valence-corrected chi connectivity index (χ2v) is 22.5. The molecule has 7 N–H and O–H groups in total. The topological polar surface area (TPSA) is 191 Å². The van der Waals surface area contributed by atoms with Crippen LogP contribution in [0.5, 0.6) is 0 Å². The summed E-state index contributed by atoms with van der Waals surface area (Å²) in [5.41, 5.74) is 0. The largest absolute Gasteiger partial charge is 0.394 e. The first-order chi connectivity index (χ1) is 26.6. The fourth-order valence-electron chi connectivity index (χ4n) is 8.62. The van der Waals surface area contributed by atoms with Gasteiger partial charge in [-0.1, -0.05) is 173 Å². The summed E-state index contributed by atoms with van der Waals surface area (Å²) in [6.07, 6.45) is 17.2. The van der Waals surface area contributed by atoms with Crippen molar-refractivity contribution in [1.29, 1.82) is 0 Å². The van der Waals surface area contributed by atoms with Crippen molar-refractivity contribution in [1.82, 2.24) is 10.0 Å². The van der Waals surface area contributed by atoms with Crippen LogP contribution in [-0.4, -0.2) is 129 Å². The number of ether oxygens (including phenoxy) is 2. The zero-order valence-corrected chi connectivity index (χ0v) is 35.6. The lowest BCUT2D eigenvalue weighted by molar-refractivity contribution is -0.306. The van der Waals surface area contributed by atoms with Gasteiger partial charge in [-0.15, -0.1) is 0 Å². The van der Waals surface area contributed by atoms with E-state index in [9.17, 15) is 35.7 Å². The second-order valence-electron chi connectivity index (χ2n) is 17.4. The maximum absolute atomic E-state index is 11.4. The fraction of sp³-hybridized carbons (Fsp3) is 1.00. The molecule has 3 aliphatic rings. The Balaban J connectivity index is 1.41. The molecule has 0 aliphatic carbocycles. The van der Waals surface area contributed by atoms with E-state index in [4.69, 9.17) is 9.47 Å². The van der Waals surface area contributed by atoms with E-state index in [0.29, 0.717) is 13.0 Å². The van der Waals surface area contributed by atoms with Crippen molar-refractivity contribution >= 4 is 8.07 Å². The van der Waals surface area contributed by atoms with Crippen molar-refractivity contribution in [2.24, 2.45) is 10.4 Å². The number of unbranched alkanes of at least 4 members (excludes halogenated alkanes) is 18. The second kappa shape index (κ2) is 27.7. The van der Waals surface area contributed by atoms with E-state index in [-0.39, 0.29) is 6.61 Å². The van der Waals surface area contributed by atoms with Crippen LogP contribution in [-0.2, 0) is 9.47 Å². The Bertz CT molecular complexity index is 997. The molecule has 3 rings (SSSR count). The van der Waals surface area contributed by atoms with Gasteiger partial charge in [0.2, 0.25) is 6.35 Å². The third-order valence-electron chi connectivity index (χ3n) is 12.5. The molecular formula is C41H82N4O9Si. The van der Waals surface area contributed by atoms with E-state index < -0.39 is 70.0 Å². The van der Waals surface area contributed by atoms with Gasteiger partial charge in [0.05, 0.1) is 27.4 Å².